The van der Waals surface area contributed by atoms with Gasteiger partial charge >= 0.3 is 7.12 Å². The largest absolute Gasteiger partial charge is 0.496 e. The van der Waals surface area contributed by atoms with E-state index in [2.05, 4.69) is 0 Å². The second kappa shape index (κ2) is 7.74. The highest BCUT2D eigenvalue weighted by Gasteiger charge is 2.52. The third-order valence-corrected chi connectivity index (χ3v) is 5.65. The fraction of sp³-hybridized carbons (Fsp3) is 0.500. The predicted octanol–water partition coefficient (Wildman–Crippen LogP) is 4.64. The fourth-order valence-electron chi connectivity index (χ4n) is 2.37. The van der Waals surface area contributed by atoms with Crippen molar-refractivity contribution in [2.45, 2.75) is 45.8 Å². The average Bonchev–Trinajstić information content (AvgIpc) is 2.71. The minimum Gasteiger partial charge on any atom is -0.496 e. The minimum absolute atomic E-state index is 0.0421. The van der Waals surface area contributed by atoms with Gasteiger partial charge in [0.2, 0.25) is 0 Å². The van der Waals surface area contributed by atoms with E-state index in [1.54, 1.807) is 20.1 Å². The number of carbonyl (C=O) groups is 1. The van der Waals surface area contributed by atoms with Gasteiger partial charge in [0, 0.05) is 23.3 Å². The molecule has 0 amide bonds. The van der Waals surface area contributed by atoms with Gasteiger partial charge in [-0.15, -0.1) is 0 Å². The lowest BCUT2D eigenvalue weighted by Crippen LogP contribution is -2.41. The number of hydrogen-bond acceptors (Lipinski definition) is 5. The molecule has 0 saturated carbocycles. The maximum Gasteiger partial charge on any atom is 0.491 e. The van der Waals surface area contributed by atoms with Crippen LogP contribution in [0.4, 0.5) is 0 Å². The molecule has 0 aliphatic carbocycles. The van der Waals surface area contributed by atoms with Gasteiger partial charge in [-0.05, 0) is 51.4 Å². The Kier molecular flexibility index (Phi) is 6.31. The first-order valence-electron chi connectivity index (χ1n) is 8.09. The van der Waals surface area contributed by atoms with Crippen molar-refractivity contribution < 1.29 is 18.8 Å². The molecular weight excluding hydrogens is 359 g/mol. The van der Waals surface area contributed by atoms with Crippen LogP contribution in [0.25, 0.3) is 6.08 Å². The molecule has 1 aliphatic heterocycles. The molecule has 1 aromatic rings. The second-order valence-corrected chi connectivity index (χ2v) is 8.56. The van der Waals surface area contributed by atoms with Crippen LogP contribution in [0.5, 0.6) is 5.75 Å². The monoisotopic (exact) mass is 382 g/mol. The molecule has 4 nitrogen and oxygen atoms in total. The van der Waals surface area contributed by atoms with Crippen LogP contribution < -0.4 is 4.74 Å². The Balaban J connectivity index is 2.40. The number of carbonyl (C=O) groups excluding carboxylic acids is 1. The molecule has 25 heavy (non-hydrogen) atoms. The van der Waals surface area contributed by atoms with E-state index < -0.39 is 18.3 Å². The first kappa shape index (κ1) is 20.4. The number of halogens is 1. The van der Waals surface area contributed by atoms with Gasteiger partial charge in [0.15, 0.2) is 5.12 Å². The molecule has 1 aliphatic rings. The van der Waals surface area contributed by atoms with Crippen molar-refractivity contribution in [3.8, 4) is 5.75 Å². The first-order valence-corrected chi connectivity index (χ1v) is 9.45. The zero-order valence-electron chi connectivity index (χ0n) is 15.5. The van der Waals surface area contributed by atoms with Crippen molar-refractivity contribution in [2.24, 2.45) is 0 Å². The normalized spacial score (nSPS) is 19.2. The maximum absolute atomic E-state index is 11.5. The van der Waals surface area contributed by atoms with Gasteiger partial charge in [0.1, 0.15) is 5.75 Å². The summed E-state index contributed by atoms with van der Waals surface area (Å²) in [7, 11) is 1.08. The SMILES string of the molecule is COc1ccc(Cl)cc1C=C(CSC(C)=O)B1OC(C)(C)C(C)(C)O1. The molecule has 0 N–H and O–H groups in total. The van der Waals surface area contributed by atoms with E-state index in [1.807, 2.05) is 45.9 Å². The molecule has 7 heteroatoms. The average molecular weight is 383 g/mol. The molecule has 0 atom stereocenters. The van der Waals surface area contributed by atoms with Crippen molar-refractivity contribution in [2.75, 3.05) is 12.9 Å². The lowest BCUT2D eigenvalue weighted by atomic mass is 9.78. The summed E-state index contributed by atoms with van der Waals surface area (Å²) < 4.78 is 17.7. The summed E-state index contributed by atoms with van der Waals surface area (Å²) in [4.78, 5) is 11.5. The van der Waals surface area contributed by atoms with Gasteiger partial charge in [-0.1, -0.05) is 29.4 Å². The standard InChI is InChI=1S/C18H24BClO4S/c1-12(21)25-11-14(19-23-17(2,3)18(4,5)24-19)9-13-10-15(20)7-8-16(13)22-6/h7-10H,11H2,1-6H3. The van der Waals surface area contributed by atoms with Crippen molar-refractivity contribution in [1.29, 1.82) is 0 Å². The second-order valence-electron chi connectivity index (χ2n) is 6.97. The van der Waals surface area contributed by atoms with E-state index in [0.29, 0.717) is 16.5 Å². The van der Waals surface area contributed by atoms with E-state index >= 15 is 0 Å². The molecule has 1 saturated heterocycles. The summed E-state index contributed by atoms with van der Waals surface area (Å²) in [5, 5.41) is 0.653. The summed E-state index contributed by atoms with van der Waals surface area (Å²) in [6.45, 7) is 9.56. The molecule has 1 fully saturated rings. The van der Waals surface area contributed by atoms with Gasteiger partial charge in [-0.2, -0.15) is 0 Å². The Labute approximate surface area is 159 Å². The highest BCUT2D eigenvalue weighted by molar-refractivity contribution is 8.13. The summed E-state index contributed by atoms with van der Waals surface area (Å²) in [6, 6.07) is 5.41. The van der Waals surface area contributed by atoms with Crippen LogP contribution in [0.15, 0.2) is 23.7 Å². The van der Waals surface area contributed by atoms with E-state index in [-0.39, 0.29) is 5.12 Å². The molecule has 0 aromatic heterocycles. The Morgan fingerprint density at radius 3 is 2.40 bits per heavy atom. The zero-order chi connectivity index (χ0) is 18.8. The van der Waals surface area contributed by atoms with E-state index in [4.69, 9.17) is 25.6 Å². The number of rotatable bonds is 5. The summed E-state index contributed by atoms with van der Waals surface area (Å²) in [5.41, 5.74) is 0.787. The first-order chi connectivity index (χ1) is 11.6. The predicted molar refractivity (Wildman–Crippen MR) is 105 cm³/mol. The lowest BCUT2D eigenvalue weighted by Gasteiger charge is -2.32. The molecule has 2 rings (SSSR count). The number of thioether (sulfide) groups is 1. The summed E-state index contributed by atoms with van der Waals surface area (Å²) >= 11 is 7.35. The summed E-state index contributed by atoms with van der Waals surface area (Å²) in [6.07, 6.45) is 1.93. The highest BCUT2D eigenvalue weighted by atomic mass is 35.5. The molecule has 136 valence electrons. The minimum atomic E-state index is -0.527. The Morgan fingerprint density at radius 2 is 1.88 bits per heavy atom. The molecule has 1 aromatic carbocycles. The molecule has 0 spiro atoms. The quantitative estimate of drug-likeness (QED) is 0.694. The number of hydrogen-bond donors (Lipinski definition) is 0. The van der Waals surface area contributed by atoms with Crippen molar-refractivity contribution >= 4 is 41.7 Å². The molecular formula is C18H24BClO4S. The fourth-order valence-corrected chi connectivity index (χ4v) is 3.14. The smallest absolute Gasteiger partial charge is 0.491 e. The van der Waals surface area contributed by atoms with E-state index in [0.717, 1.165) is 11.0 Å². The van der Waals surface area contributed by atoms with Crippen LogP contribution >= 0.6 is 23.4 Å². The van der Waals surface area contributed by atoms with Gasteiger partial charge in [0.05, 0.1) is 18.3 Å². The lowest BCUT2D eigenvalue weighted by molar-refractivity contribution is -0.109. The third-order valence-electron chi connectivity index (χ3n) is 4.53. The van der Waals surface area contributed by atoms with Crippen LogP contribution in [-0.4, -0.2) is 36.3 Å². The van der Waals surface area contributed by atoms with Crippen LogP contribution in [0.3, 0.4) is 0 Å². The number of ether oxygens (including phenoxy) is 1. The van der Waals surface area contributed by atoms with Gasteiger partial charge in [-0.25, -0.2) is 0 Å². The van der Waals surface area contributed by atoms with Crippen LogP contribution in [0, 0.1) is 0 Å². The van der Waals surface area contributed by atoms with Gasteiger partial charge in [-0.3, -0.25) is 4.79 Å². The topological polar surface area (TPSA) is 44.8 Å². The molecule has 0 radical (unpaired) electrons. The summed E-state index contributed by atoms with van der Waals surface area (Å²) in [5.74, 6) is 1.17. The maximum atomic E-state index is 11.5. The molecule has 0 bridgehead atoms. The molecule has 0 unspecified atom stereocenters. The third kappa shape index (κ3) is 4.82. The van der Waals surface area contributed by atoms with Crippen molar-refractivity contribution in [1.82, 2.24) is 0 Å². The molecule has 1 heterocycles. The van der Waals surface area contributed by atoms with Crippen LogP contribution in [-0.2, 0) is 14.1 Å². The number of benzene rings is 1. The van der Waals surface area contributed by atoms with Crippen LogP contribution in [0.2, 0.25) is 5.02 Å². The van der Waals surface area contributed by atoms with E-state index in [1.165, 1.54) is 11.8 Å². The highest BCUT2D eigenvalue weighted by Crippen LogP contribution is 2.40. The Bertz CT molecular complexity index is 672. The Hall–Kier alpha value is -0.945. The van der Waals surface area contributed by atoms with Gasteiger partial charge < -0.3 is 14.0 Å². The van der Waals surface area contributed by atoms with Crippen LogP contribution in [0.1, 0.15) is 40.2 Å². The number of methoxy groups -OCH3 is 1. The van der Waals surface area contributed by atoms with E-state index in [9.17, 15) is 4.79 Å². The Morgan fingerprint density at radius 1 is 1.28 bits per heavy atom. The van der Waals surface area contributed by atoms with Crippen molar-refractivity contribution in [3.05, 3.63) is 34.3 Å². The van der Waals surface area contributed by atoms with Crippen molar-refractivity contribution in [3.63, 3.8) is 0 Å². The zero-order valence-corrected chi connectivity index (χ0v) is 17.1. The van der Waals surface area contributed by atoms with Gasteiger partial charge in [0.25, 0.3) is 0 Å².